The fourth-order valence-corrected chi connectivity index (χ4v) is 1.12. The van der Waals surface area contributed by atoms with Crippen LogP contribution in [0.1, 0.15) is 0 Å². The van der Waals surface area contributed by atoms with E-state index in [-0.39, 0.29) is 0 Å². The minimum Gasteiger partial charge on any atom is -0.288 e. The third-order valence-electron chi connectivity index (χ3n) is 1.86. The van der Waals surface area contributed by atoms with Gasteiger partial charge in [0.15, 0.2) is 0 Å². The number of nitriles is 4. The Kier molecular flexibility index (Phi) is 2.63. The zero-order chi connectivity index (χ0) is 12.3. The molecule has 16 heavy (non-hydrogen) atoms. The standard InChI is InChI=1S/C10N4O2/c11-1-5(2-12)7-9(15)8(10(7)16)6(3-13)4-14. The van der Waals surface area contributed by atoms with Crippen LogP contribution >= 0.6 is 0 Å². The maximum absolute atomic E-state index is 11.3. The second kappa shape index (κ2) is 3.88. The summed E-state index contributed by atoms with van der Waals surface area (Å²) in [6, 6.07) is 5.59. The fourth-order valence-electron chi connectivity index (χ4n) is 1.12. The summed E-state index contributed by atoms with van der Waals surface area (Å²) in [5, 5.41) is 32.7. The quantitative estimate of drug-likeness (QED) is 0.470. The molecule has 0 aliphatic heterocycles. The van der Waals surface area contributed by atoms with Gasteiger partial charge in [-0.05, 0) is 0 Å². The van der Waals surface area contributed by atoms with Gasteiger partial charge >= 0.3 is 0 Å². The van der Waals surface area contributed by atoms with E-state index in [2.05, 4.69) is 0 Å². The van der Waals surface area contributed by atoms with Crippen LogP contribution in [0, 0.1) is 45.3 Å². The molecule has 0 saturated carbocycles. The summed E-state index contributed by atoms with van der Waals surface area (Å²) >= 11 is 0. The van der Waals surface area contributed by atoms with E-state index in [1.165, 1.54) is 24.3 Å². The van der Waals surface area contributed by atoms with Gasteiger partial charge in [-0.2, -0.15) is 21.0 Å². The molecule has 0 aliphatic carbocycles. The monoisotopic (exact) mass is 208 g/mol. The molecule has 6 nitrogen and oxygen atoms in total. The Bertz CT molecular complexity index is 694. The van der Waals surface area contributed by atoms with Crippen molar-refractivity contribution < 1.29 is 0 Å². The van der Waals surface area contributed by atoms with Gasteiger partial charge < -0.3 is 0 Å². The maximum Gasteiger partial charge on any atom is 0.205 e. The first-order chi connectivity index (χ1) is 7.62. The molecule has 0 heterocycles. The summed E-state index contributed by atoms with van der Waals surface area (Å²) < 4.78 is 0. The average molecular weight is 208 g/mol. The summed E-state index contributed by atoms with van der Waals surface area (Å²) in [4.78, 5) is 22.7. The Morgan fingerprint density at radius 1 is 0.688 bits per heavy atom. The molecule has 0 atom stereocenters. The van der Waals surface area contributed by atoms with E-state index in [0.29, 0.717) is 0 Å². The summed E-state index contributed by atoms with van der Waals surface area (Å²) in [7, 11) is 0. The van der Waals surface area contributed by atoms with E-state index in [1.807, 2.05) is 0 Å². The van der Waals surface area contributed by atoms with Crippen molar-refractivity contribution in [2.75, 3.05) is 0 Å². The molecule has 0 aromatic heterocycles. The Labute approximate surface area is 88.1 Å². The fraction of sp³-hybridized carbons (Fsp3) is 0. The van der Waals surface area contributed by atoms with Gasteiger partial charge in [0.1, 0.15) is 35.4 Å². The second-order valence-electron chi connectivity index (χ2n) is 2.61. The molecule has 0 saturated heterocycles. The van der Waals surface area contributed by atoms with Crippen LogP contribution in [0.2, 0.25) is 0 Å². The minimum atomic E-state index is -0.902. The number of hydrogen-bond acceptors (Lipinski definition) is 6. The molecule has 6 heteroatoms. The molecule has 0 amide bonds. The summed E-state index contributed by atoms with van der Waals surface area (Å²) in [6.45, 7) is 0. The van der Waals surface area contributed by atoms with Gasteiger partial charge in [0.05, 0.1) is 10.4 Å². The van der Waals surface area contributed by atoms with Crippen LogP contribution in [0.4, 0.5) is 0 Å². The molecule has 0 unspecified atom stereocenters. The van der Waals surface area contributed by atoms with Crippen molar-refractivity contribution in [1.29, 1.82) is 21.0 Å². The van der Waals surface area contributed by atoms with E-state index < -0.39 is 32.4 Å². The van der Waals surface area contributed by atoms with Crippen molar-refractivity contribution in [3.8, 4) is 24.3 Å². The highest BCUT2D eigenvalue weighted by Gasteiger charge is 2.16. The molecule has 1 rings (SSSR count). The Morgan fingerprint density at radius 2 is 0.938 bits per heavy atom. The van der Waals surface area contributed by atoms with Crippen LogP contribution in [0.15, 0.2) is 9.59 Å². The van der Waals surface area contributed by atoms with Crippen molar-refractivity contribution in [1.82, 2.24) is 0 Å². The Hall–Kier alpha value is -3.22. The van der Waals surface area contributed by atoms with E-state index in [1.54, 1.807) is 0 Å². The van der Waals surface area contributed by atoms with Crippen LogP contribution in [0.5, 0.6) is 0 Å². The molecule has 0 aliphatic rings. The maximum atomic E-state index is 11.3. The molecule has 72 valence electrons. The van der Waals surface area contributed by atoms with Gasteiger partial charge in [0.25, 0.3) is 0 Å². The van der Waals surface area contributed by atoms with E-state index >= 15 is 0 Å². The van der Waals surface area contributed by atoms with Gasteiger partial charge in [-0.1, -0.05) is 0 Å². The molecular formula is C10N4O2. The van der Waals surface area contributed by atoms with E-state index in [9.17, 15) is 9.59 Å². The summed E-state index contributed by atoms with van der Waals surface area (Å²) in [6.07, 6.45) is 0. The van der Waals surface area contributed by atoms with Gasteiger partial charge in [0, 0.05) is 0 Å². The topological polar surface area (TPSA) is 129 Å². The lowest BCUT2D eigenvalue weighted by atomic mass is 10.0. The van der Waals surface area contributed by atoms with Crippen molar-refractivity contribution in [3.63, 3.8) is 0 Å². The highest BCUT2D eigenvalue weighted by Crippen LogP contribution is 1.83. The third-order valence-corrected chi connectivity index (χ3v) is 1.86. The average Bonchev–Trinajstić information content (AvgIpc) is 2.32. The van der Waals surface area contributed by atoms with Crippen LogP contribution in [-0.2, 0) is 0 Å². The van der Waals surface area contributed by atoms with Crippen molar-refractivity contribution in [2.24, 2.45) is 0 Å². The van der Waals surface area contributed by atoms with Crippen molar-refractivity contribution >= 4 is 11.1 Å². The molecule has 0 spiro atoms. The molecular weight excluding hydrogens is 208 g/mol. The number of nitrogens with zero attached hydrogens (tertiary/aromatic N) is 4. The molecule has 0 bridgehead atoms. The van der Waals surface area contributed by atoms with Crippen molar-refractivity contribution in [2.45, 2.75) is 0 Å². The van der Waals surface area contributed by atoms with Gasteiger partial charge in [-0.25, -0.2) is 0 Å². The Morgan fingerprint density at radius 3 is 1.12 bits per heavy atom. The summed E-state index contributed by atoms with van der Waals surface area (Å²) in [5.41, 5.74) is -3.01. The van der Waals surface area contributed by atoms with E-state index in [4.69, 9.17) is 21.0 Å². The zero-order valence-electron chi connectivity index (χ0n) is 7.61. The minimum absolute atomic E-state index is 0.553. The van der Waals surface area contributed by atoms with Crippen LogP contribution in [0.25, 0.3) is 11.1 Å². The largest absolute Gasteiger partial charge is 0.288 e. The van der Waals surface area contributed by atoms with Crippen LogP contribution in [0.3, 0.4) is 0 Å². The lowest BCUT2D eigenvalue weighted by molar-refractivity contribution is 1.25. The molecule has 0 N–H and O–H groups in total. The van der Waals surface area contributed by atoms with Gasteiger partial charge in [-0.15, -0.1) is 0 Å². The van der Waals surface area contributed by atoms with E-state index in [0.717, 1.165) is 0 Å². The zero-order valence-corrected chi connectivity index (χ0v) is 7.61. The predicted octanol–water partition coefficient (Wildman–Crippen LogP) is -2.32. The number of rotatable bonds is 0. The highest BCUT2D eigenvalue weighted by molar-refractivity contribution is 5.76. The lowest BCUT2D eigenvalue weighted by Crippen LogP contribution is -2.66. The summed E-state index contributed by atoms with van der Waals surface area (Å²) in [5.74, 6) is 0. The number of hydrogen-bond donors (Lipinski definition) is 0. The second-order valence-corrected chi connectivity index (χ2v) is 2.61. The smallest absolute Gasteiger partial charge is 0.205 e. The molecule has 1 aromatic carbocycles. The molecule has 0 fully saturated rings. The van der Waals surface area contributed by atoms with Crippen molar-refractivity contribution in [3.05, 3.63) is 30.9 Å². The highest BCUT2D eigenvalue weighted by atomic mass is 16.1. The van der Waals surface area contributed by atoms with Crippen LogP contribution < -0.4 is 21.3 Å². The molecule has 1 aromatic rings. The third kappa shape index (κ3) is 1.24. The first-order valence-corrected chi connectivity index (χ1v) is 3.80. The van der Waals surface area contributed by atoms with Crippen LogP contribution in [-0.4, -0.2) is 0 Å². The Balaban J connectivity index is 4.03. The molecule has 0 radical (unpaired) electrons. The first-order valence-electron chi connectivity index (χ1n) is 3.80. The predicted molar refractivity (Wildman–Crippen MR) is 49.9 cm³/mol. The first kappa shape index (κ1) is 10.9. The SMILES string of the molecule is N#CC(C#N)=c1c(=O)c(=C(C#N)C#N)c1=O. The van der Waals surface area contributed by atoms with Gasteiger partial charge in [-0.3, -0.25) is 9.59 Å². The lowest BCUT2D eigenvalue weighted by Gasteiger charge is -1.90. The van der Waals surface area contributed by atoms with Gasteiger partial charge in [0.2, 0.25) is 10.9 Å². The normalized spacial score (nSPS) is 8.25.